The van der Waals surface area contributed by atoms with Gasteiger partial charge in [-0.05, 0) is 25.5 Å². The summed E-state index contributed by atoms with van der Waals surface area (Å²) in [5, 5.41) is 0. The molecule has 1 aromatic rings. The maximum absolute atomic E-state index is 5.60. The van der Waals surface area contributed by atoms with Crippen molar-refractivity contribution in [3.8, 4) is 0 Å². The molecule has 1 aromatic heterocycles. The predicted octanol–water partition coefficient (Wildman–Crippen LogP) is 1.70. The van der Waals surface area contributed by atoms with Gasteiger partial charge in [0.25, 0.3) is 0 Å². The number of rotatable bonds is 3. The van der Waals surface area contributed by atoms with Crippen LogP contribution in [0.15, 0.2) is 24.5 Å². The zero-order chi connectivity index (χ0) is 9.80. The second-order valence-corrected chi connectivity index (χ2v) is 3.52. The summed E-state index contributed by atoms with van der Waals surface area (Å²) < 4.78 is 5.60. The molecule has 3 heteroatoms. The van der Waals surface area contributed by atoms with E-state index in [9.17, 15) is 0 Å². The second-order valence-electron chi connectivity index (χ2n) is 3.52. The number of hydrogen-bond acceptors (Lipinski definition) is 3. The van der Waals surface area contributed by atoms with Crippen molar-refractivity contribution in [3.05, 3.63) is 24.5 Å². The number of anilines is 1. The van der Waals surface area contributed by atoms with Crippen molar-refractivity contribution in [1.82, 2.24) is 4.98 Å². The number of ether oxygens (including phenoxy) is 1. The molecule has 14 heavy (non-hydrogen) atoms. The summed E-state index contributed by atoms with van der Waals surface area (Å²) >= 11 is 0. The standard InChI is InChI=1S/C11H16N2O/c1-2-14-11-5-8-13(9-11)10-3-6-12-7-4-10/h3-4,6-7,11H,2,5,8-9H2,1H3. The summed E-state index contributed by atoms with van der Waals surface area (Å²) in [6.07, 6.45) is 5.22. The fourth-order valence-electron chi connectivity index (χ4n) is 1.89. The van der Waals surface area contributed by atoms with Crippen LogP contribution in [0.1, 0.15) is 13.3 Å². The van der Waals surface area contributed by atoms with E-state index >= 15 is 0 Å². The van der Waals surface area contributed by atoms with Crippen LogP contribution in [-0.2, 0) is 4.74 Å². The molecule has 0 amide bonds. The molecule has 1 saturated heterocycles. The lowest BCUT2D eigenvalue weighted by Crippen LogP contribution is -2.22. The highest BCUT2D eigenvalue weighted by atomic mass is 16.5. The maximum atomic E-state index is 5.60. The number of pyridine rings is 1. The zero-order valence-electron chi connectivity index (χ0n) is 8.52. The highest BCUT2D eigenvalue weighted by molar-refractivity contribution is 5.45. The third kappa shape index (κ3) is 2.04. The van der Waals surface area contributed by atoms with E-state index in [2.05, 4.69) is 16.8 Å². The smallest absolute Gasteiger partial charge is 0.0766 e. The van der Waals surface area contributed by atoms with Gasteiger partial charge in [0.1, 0.15) is 0 Å². The molecule has 0 bridgehead atoms. The first-order valence-electron chi connectivity index (χ1n) is 5.16. The van der Waals surface area contributed by atoms with Gasteiger partial charge in [-0.1, -0.05) is 0 Å². The first kappa shape index (κ1) is 9.46. The molecule has 1 unspecified atom stereocenters. The Bertz CT molecular complexity index is 276. The van der Waals surface area contributed by atoms with Crippen LogP contribution in [0.4, 0.5) is 5.69 Å². The van der Waals surface area contributed by atoms with Crippen LogP contribution in [0.5, 0.6) is 0 Å². The van der Waals surface area contributed by atoms with E-state index in [1.165, 1.54) is 5.69 Å². The van der Waals surface area contributed by atoms with Crippen LogP contribution in [0.3, 0.4) is 0 Å². The lowest BCUT2D eigenvalue weighted by molar-refractivity contribution is 0.0787. The van der Waals surface area contributed by atoms with E-state index in [-0.39, 0.29) is 0 Å². The maximum Gasteiger partial charge on any atom is 0.0766 e. The van der Waals surface area contributed by atoms with Gasteiger partial charge in [0.2, 0.25) is 0 Å². The third-order valence-corrected chi connectivity index (χ3v) is 2.58. The summed E-state index contributed by atoms with van der Waals surface area (Å²) in [5.74, 6) is 0. The van der Waals surface area contributed by atoms with Gasteiger partial charge in [-0.2, -0.15) is 0 Å². The molecule has 76 valence electrons. The summed E-state index contributed by atoms with van der Waals surface area (Å²) in [6.45, 7) is 4.97. The predicted molar refractivity (Wildman–Crippen MR) is 56.5 cm³/mol. The van der Waals surface area contributed by atoms with Gasteiger partial charge in [-0.25, -0.2) is 0 Å². The van der Waals surface area contributed by atoms with Gasteiger partial charge in [-0.3, -0.25) is 4.98 Å². The SMILES string of the molecule is CCOC1CCN(c2ccncc2)C1. The molecule has 2 heterocycles. The van der Waals surface area contributed by atoms with Crippen molar-refractivity contribution in [1.29, 1.82) is 0 Å². The normalized spacial score (nSPS) is 21.5. The molecule has 0 spiro atoms. The quantitative estimate of drug-likeness (QED) is 0.728. The molecule has 0 radical (unpaired) electrons. The molecule has 0 N–H and O–H groups in total. The van der Waals surface area contributed by atoms with Crippen molar-refractivity contribution in [2.24, 2.45) is 0 Å². The first-order chi connectivity index (χ1) is 6.90. The topological polar surface area (TPSA) is 25.4 Å². The first-order valence-corrected chi connectivity index (χ1v) is 5.16. The van der Waals surface area contributed by atoms with Crippen molar-refractivity contribution in [2.45, 2.75) is 19.4 Å². The molecule has 1 atom stereocenters. The summed E-state index contributed by atoms with van der Waals surface area (Å²) in [6, 6.07) is 4.10. The Kier molecular flexibility index (Phi) is 2.99. The minimum absolute atomic E-state index is 0.410. The van der Waals surface area contributed by atoms with Gasteiger partial charge in [-0.15, -0.1) is 0 Å². The minimum Gasteiger partial charge on any atom is -0.377 e. The molecule has 3 nitrogen and oxygen atoms in total. The van der Waals surface area contributed by atoms with Crippen LogP contribution >= 0.6 is 0 Å². The average molecular weight is 192 g/mol. The van der Waals surface area contributed by atoms with Crippen LogP contribution in [-0.4, -0.2) is 30.8 Å². The van der Waals surface area contributed by atoms with E-state index in [1.54, 1.807) is 0 Å². The molecule has 1 aliphatic rings. The Labute approximate surface area is 84.7 Å². The van der Waals surface area contributed by atoms with Gasteiger partial charge >= 0.3 is 0 Å². The largest absolute Gasteiger partial charge is 0.377 e. The number of hydrogen-bond donors (Lipinski definition) is 0. The van der Waals surface area contributed by atoms with E-state index < -0.39 is 0 Å². The van der Waals surface area contributed by atoms with Crippen LogP contribution in [0, 0.1) is 0 Å². The fourth-order valence-corrected chi connectivity index (χ4v) is 1.89. The van der Waals surface area contributed by atoms with E-state index in [4.69, 9.17) is 4.74 Å². The summed E-state index contributed by atoms with van der Waals surface area (Å²) in [5.41, 5.74) is 1.25. The molecular weight excluding hydrogens is 176 g/mol. The molecule has 0 aromatic carbocycles. The Hall–Kier alpha value is -1.09. The van der Waals surface area contributed by atoms with Crippen LogP contribution in [0.2, 0.25) is 0 Å². The lowest BCUT2D eigenvalue weighted by atomic mass is 10.3. The number of nitrogens with zero attached hydrogens (tertiary/aromatic N) is 2. The molecule has 2 rings (SSSR count). The Balaban J connectivity index is 1.96. The van der Waals surface area contributed by atoms with Crippen molar-refractivity contribution >= 4 is 5.69 Å². The van der Waals surface area contributed by atoms with Crippen molar-refractivity contribution in [2.75, 3.05) is 24.6 Å². The van der Waals surface area contributed by atoms with Gasteiger partial charge in [0, 0.05) is 37.8 Å². The Morgan fingerprint density at radius 2 is 2.29 bits per heavy atom. The molecular formula is C11H16N2O. The van der Waals surface area contributed by atoms with Gasteiger partial charge < -0.3 is 9.64 Å². The Morgan fingerprint density at radius 3 is 3.00 bits per heavy atom. The van der Waals surface area contributed by atoms with E-state index in [0.29, 0.717) is 6.10 Å². The van der Waals surface area contributed by atoms with Gasteiger partial charge in [0.15, 0.2) is 0 Å². The summed E-state index contributed by atoms with van der Waals surface area (Å²) in [4.78, 5) is 6.36. The molecule has 1 fully saturated rings. The van der Waals surface area contributed by atoms with Crippen LogP contribution < -0.4 is 4.90 Å². The number of aromatic nitrogens is 1. The monoisotopic (exact) mass is 192 g/mol. The minimum atomic E-state index is 0.410. The van der Waals surface area contributed by atoms with E-state index in [1.807, 2.05) is 24.5 Å². The van der Waals surface area contributed by atoms with E-state index in [0.717, 1.165) is 26.1 Å². The molecule has 0 saturated carbocycles. The summed E-state index contributed by atoms with van der Waals surface area (Å²) in [7, 11) is 0. The van der Waals surface area contributed by atoms with Crippen molar-refractivity contribution in [3.63, 3.8) is 0 Å². The average Bonchev–Trinajstić information content (AvgIpc) is 2.68. The van der Waals surface area contributed by atoms with Crippen LogP contribution in [0.25, 0.3) is 0 Å². The third-order valence-electron chi connectivity index (χ3n) is 2.58. The Morgan fingerprint density at radius 1 is 1.50 bits per heavy atom. The van der Waals surface area contributed by atoms with Gasteiger partial charge in [0.05, 0.1) is 6.10 Å². The lowest BCUT2D eigenvalue weighted by Gasteiger charge is -2.17. The van der Waals surface area contributed by atoms with Crippen molar-refractivity contribution < 1.29 is 4.74 Å². The second kappa shape index (κ2) is 4.42. The zero-order valence-corrected chi connectivity index (χ0v) is 8.52. The molecule has 1 aliphatic heterocycles. The highest BCUT2D eigenvalue weighted by Gasteiger charge is 2.22. The fraction of sp³-hybridized carbons (Fsp3) is 0.545. The molecule has 0 aliphatic carbocycles. The highest BCUT2D eigenvalue weighted by Crippen LogP contribution is 2.20.